The fourth-order valence-corrected chi connectivity index (χ4v) is 1.92. The van der Waals surface area contributed by atoms with Crippen molar-refractivity contribution in [2.24, 2.45) is 0 Å². The molecule has 0 spiro atoms. The van der Waals surface area contributed by atoms with E-state index in [2.05, 4.69) is 4.98 Å². The van der Waals surface area contributed by atoms with Gasteiger partial charge in [0.05, 0.1) is 10.9 Å². The molecule has 92 valence electrons. The summed E-state index contributed by atoms with van der Waals surface area (Å²) in [5, 5.41) is 0.628. The highest BCUT2D eigenvalue weighted by Crippen LogP contribution is 2.06. The third-order valence-electron chi connectivity index (χ3n) is 2.92. The zero-order valence-corrected chi connectivity index (χ0v) is 10.2. The van der Waals surface area contributed by atoms with Gasteiger partial charge in [0, 0.05) is 6.20 Å². The third-order valence-corrected chi connectivity index (χ3v) is 2.92. The Kier molecular flexibility index (Phi) is 2.94. The first-order valence-corrected chi connectivity index (χ1v) is 6.04. The molecule has 0 atom stereocenters. The number of nitrogens with zero attached hydrogens (tertiary/aromatic N) is 2. The minimum Gasteiger partial charge on any atom is -0.274 e. The number of aromatic nitrogens is 2. The summed E-state index contributed by atoms with van der Waals surface area (Å²) in [5.74, 6) is 0. The molecule has 0 radical (unpaired) electrons. The summed E-state index contributed by atoms with van der Waals surface area (Å²) in [6, 6.07) is 17.2. The first kappa shape index (κ1) is 11.4. The van der Waals surface area contributed by atoms with Crippen LogP contribution >= 0.6 is 0 Å². The van der Waals surface area contributed by atoms with Crippen molar-refractivity contribution in [1.82, 2.24) is 9.55 Å². The van der Waals surface area contributed by atoms with Gasteiger partial charge in [-0.3, -0.25) is 9.36 Å². The maximum absolute atomic E-state index is 12.2. The number of hydrogen-bond acceptors (Lipinski definition) is 2. The molecule has 19 heavy (non-hydrogen) atoms. The number of hydrogen-bond donors (Lipinski definition) is 0. The molecule has 3 heteroatoms. The molecule has 2 aromatic carbocycles. The molecule has 3 rings (SSSR count). The molecule has 1 heterocycles. The zero-order chi connectivity index (χ0) is 13.1. The molecule has 0 bridgehead atoms. The van der Waals surface area contributed by atoms with E-state index < -0.39 is 0 Å². The summed E-state index contributed by atoms with van der Waals surface area (Å²) in [5.41, 5.74) is 1.71. The second kappa shape index (κ2) is 4.90. The lowest BCUT2D eigenvalue weighted by molar-refractivity contribution is 1.03. The summed E-state index contributed by atoms with van der Waals surface area (Å²) in [6.07, 6.45) is 5.17. The maximum atomic E-state index is 12.2. The molecule has 1 aromatic heterocycles. The van der Waals surface area contributed by atoms with E-state index in [1.54, 1.807) is 18.6 Å². The summed E-state index contributed by atoms with van der Waals surface area (Å²) in [4.78, 5) is 16.5. The standard InChI is InChI=1S/C16H12N2O/c19-16-14-8-4-5-9-15(14)17-12-18(16)11-10-13-6-2-1-3-7-13/h1-12H/b11-10-. The molecule has 3 aromatic rings. The minimum atomic E-state index is -0.0576. The quantitative estimate of drug-likeness (QED) is 0.698. The smallest absolute Gasteiger partial charge is 0.265 e. The van der Waals surface area contributed by atoms with Crippen LogP contribution in [0.4, 0.5) is 0 Å². The monoisotopic (exact) mass is 248 g/mol. The Labute approximate surface area is 110 Å². The van der Waals surface area contributed by atoms with Crippen LogP contribution < -0.4 is 5.56 Å². The van der Waals surface area contributed by atoms with Gasteiger partial charge in [-0.1, -0.05) is 42.5 Å². The summed E-state index contributed by atoms with van der Waals surface area (Å²) < 4.78 is 1.50. The molecular weight excluding hydrogens is 236 g/mol. The maximum Gasteiger partial charge on any atom is 0.265 e. The Bertz CT molecular complexity index is 788. The molecule has 0 fully saturated rings. The van der Waals surface area contributed by atoms with Crippen molar-refractivity contribution in [2.45, 2.75) is 0 Å². The topological polar surface area (TPSA) is 34.9 Å². The van der Waals surface area contributed by atoms with Crippen LogP contribution in [-0.2, 0) is 0 Å². The Morgan fingerprint density at radius 2 is 1.68 bits per heavy atom. The zero-order valence-electron chi connectivity index (χ0n) is 10.2. The van der Waals surface area contributed by atoms with Crippen molar-refractivity contribution in [3.05, 3.63) is 76.8 Å². The van der Waals surface area contributed by atoms with E-state index in [4.69, 9.17) is 0 Å². The van der Waals surface area contributed by atoms with Gasteiger partial charge in [-0.2, -0.15) is 0 Å². The first-order chi connectivity index (χ1) is 9.34. The largest absolute Gasteiger partial charge is 0.274 e. The predicted octanol–water partition coefficient (Wildman–Crippen LogP) is 3.02. The fraction of sp³-hybridized carbons (Fsp3) is 0. The van der Waals surface area contributed by atoms with Gasteiger partial charge < -0.3 is 0 Å². The van der Waals surface area contributed by atoms with E-state index in [1.165, 1.54) is 4.57 Å². The Morgan fingerprint density at radius 3 is 2.53 bits per heavy atom. The molecule has 0 amide bonds. The molecule has 0 N–H and O–H groups in total. The van der Waals surface area contributed by atoms with Crippen LogP contribution in [0.25, 0.3) is 23.2 Å². The van der Waals surface area contributed by atoms with Crippen LogP contribution in [0.5, 0.6) is 0 Å². The van der Waals surface area contributed by atoms with E-state index >= 15 is 0 Å². The molecular formula is C16H12N2O. The van der Waals surface area contributed by atoms with Gasteiger partial charge >= 0.3 is 0 Å². The molecule has 0 aliphatic rings. The molecule has 0 aliphatic heterocycles. The Morgan fingerprint density at radius 1 is 0.947 bits per heavy atom. The van der Waals surface area contributed by atoms with Crippen LogP contribution in [0, 0.1) is 0 Å². The lowest BCUT2D eigenvalue weighted by Gasteiger charge is -2.00. The van der Waals surface area contributed by atoms with Gasteiger partial charge in [0.15, 0.2) is 0 Å². The number of para-hydroxylation sites is 1. The van der Waals surface area contributed by atoms with Crippen LogP contribution in [-0.4, -0.2) is 9.55 Å². The van der Waals surface area contributed by atoms with E-state index in [9.17, 15) is 4.79 Å². The van der Waals surface area contributed by atoms with E-state index in [0.717, 1.165) is 11.1 Å². The average molecular weight is 248 g/mol. The van der Waals surface area contributed by atoms with Crippen LogP contribution in [0.3, 0.4) is 0 Å². The van der Waals surface area contributed by atoms with E-state index in [0.29, 0.717) is 5.39 Å². The summed E-state index contributed by atoms with van der Waals surface area (Å²) in [6.45, 7) is 0. The normalized spacial score (nSPS) is 11.2. The van der Waals surface area contributed by atoms with Crippen LogP contribution in [0.1, 0.15) is 5.56 Å². The molecule has 0 saturated heterocycles. The Balaban J connectivity index is 2.05. The van der Waals surface area contributed by atoms with Gasteiger partial charge in [0.25, 0.3) is 5.56 Å². The van der Waals surface area contributed by atoms with Crippen molar-refractivity contribution in [2.75, 3.05) is 0 Å². The SMILES string of the molecule is O=c1c2ccccc2ncn1/C=C\c1ccccc1. The van der Waals surface area contributed by atoms with Crippen molar-refractivity contribution >= 4 is 23.2 Å². The molecule has 0 saturated carbocycles. The second-order valence-corrected chi connectivity index (χ2v) is 4.20. The second-order valence-electron chi connectivity index (χ2n) is 4.20. The third kappa shape index (κ3) is 2.31. The number of benzene rings is 2. The predicted molar refractivity (Wildman–Crippen MR) is 77.7 cm³/mol. The first-order valence-electron chi connectivity index (χ1n) is 6.04. The van der Waals surface area contributed by atoms with Gasteiger partial charge in [-0.05, 0) is 23.8 Å². The van der Waals surface area contributed by atoms with E-state index in [-0.39, 0.29) is 5.56 Å². The van der Waals surface area contributed by atoms with Crippen LogP contribution in [0.2, 0.25) is 0 Å². The van der Waals surface area contributed by atoms with Gasteiger partial charge in [0.2, 0.25) is 0 Å². The van der Waals surface area contributed by atoms with Gasteiger partial charge in [0.1, 0.15) is 6.33 Å². The summed E-state index contributed by atoms with van der Waals surface area (Å²) >= 11 is 0. The molecule has 3 nitrogen and oxygen atoms in total. The molecule has 0 aliphatic carbocycles. The number of fused-ring (bicyclic) bond motifs is 1. The molecule has 0 unspecified atom stereocenters. The fourth-order valence-electron chi connectivity index (χ4n) is 1.92. The minimum absolute atomic E-state index is 0.0576. The highest BCUT2D eigenvalue weighted by atomic mass is 16.1. The Hall–Kier alpha value is -2.68. The highest BCUT2D eigenvalue weighted by Gasteiger charge is 2.00. The number of rotatable bonds is 2. The average Bonchev–Trinajstić information content (AvgIpc) is 2.48. The summed E-state index contributed by atoms with van der Waals surface area (Å²) in [7, 11) is 0. The lowest BCUT2D eigenvalue weighted by Crippen LogP contribution is -2.15. The van der Waals surface area contributed by atoms with Gasteiger partial charge in [-0.25, -0.2) is 4.98 Å². The van der Waals surface area contributed by atoms with Crippen molar-refractivity contribution in [3.8, 4) is 0 Å². The lowest BCUT2D eigenvalue weighted by atomic mass is 10.2. The van der Waals surface area contributed by atoms with Crippen molar-refractivity contribution in [1.29, 1.82) is 0 Å². The highest BCUT2D eigenvalue weighted by molar-refractivity contribution is 5.77. The van der Waals surface area contributed by atoms with Crippen LogP contribution in [0.15, 0.2) is 65.7 Å². The van der Waals surface area contributed by atoms with Crippen molar-refractivity contribution < 1.29 is 0 Å². The van der Waals surface area contributed by atoms with E-state index in [1.807, 2.05) is 54.6 Å². The van der Waals surface area contributed by atoms with Gasteiger partial charge in [-0.15, -0.1) is 0 Å². The van der Waals surface area contributed by atoms with Crippen molar-refractivity contribution in [3.63, 3.8) is 0 Å².